The Morgan fingerprint density at radius 2 is 1.37 bits per heavy atom. The Morgan fingerprint density at radius 3 is 1.86 bits per heavy atom. The monoisotopic (exact) mass is 495 g/mol. The molecule has 35 heavy (non-hydrogen) atoms. The van der Waals surface area contributed by atoms with Crippen molar-refractivity contribution in [3.63, 3.8) is 0 Å². The lowest BCUT2D eigenvalue weighted by atomic mass is 9.79. The van der Waals surface area contributed by atoms with Crippen molar-refractivity contribution in [1.29, 1.82) is 0 Å². The standard InChI is InChI=1S/C30H41NO3S/c1-29(2,3)22-16-21(17-23(18-22)30(4,5)6)12-15-28(32)31-24-13-14-25(31)20-27(19-24)35(33,34)26-10-8-7-9-11-26/h7-11,16-18,24-25,27H,12-15,19-20H2,1-6H3. The van der Waals surface area contributed by atoms with Crippen LogP contribution in [0.1, 0.15) is 90.3 Å². The zero-order valence-electron chi connectivity index (χ0n) is 22.2. The number of benzene rings is 2. The topological polar surface area (TPSA) is 54.5 Å². The molecule has 2 atom stereocenters. The van der Waals surface area contributed by atoms with Crippen LogP contribution >= 0.6 is 0 Å². The summed E-state index contributed by atoms with van der Waals surface area (Å²) >= 11 is 0. The lowest BCUT2D eigenvalue weighted by Gasteiger charge is -2.39. The summed E-state index contributed by atoms with van der Waals surface area (Å²) in [6, 6.07) is 15.7. The summed E-state index contributed by atoms with van der Waals surface area (Å²) < 4.78 is 26.4. The van der Waals surface area contributed by atoms with Crippen LogP contribution in [0.4, 0.5) is 0 Å². The van der Waals surface area contributed by atoms with Gasteiger partial charge in [0.25, 0.3) is 0 Å². The van der Waals surface area contributed by atoms with E-state index in [1.54, 1.807) is 24.3 Å². The third-order valence-corrected chi connectivity index (χ3v) is 10.0. The molecule has 0 aliphatic carbocycles. The number of nitrogens with zero attached hydrogens (tertiary/aromatic N) is 1. The van der Waals surface area contributed by atoms with Gasteiger partial charge in [-0.1, -0.05) is 77.9 Å². The smallest absolute Gasteiger partial charge is 0.223 e. The molecule has 2 bridgehead atoms. The van der Waals surface area contributed by atoms with Gasteiger partial charge in [-0.3, -0.25) is 4.79 Å². The first-order valence-corrected chi connectivity index (χ1v) is 14.6. The number of carbonyl (C=O) groups excluding carboxylic acids is 1. The maximum Gasteiger partial charge on any atom is 0.223 e. The van der Waals surface area contributed by atoms with Gasteiger partial charge in [0.15, 0.2) is 9.84 Å². The van der Waals surface area contributed by atoms with E-state index in [0.29, 0.717) is 30.6 Å². The lowest BCUT2D eigenvalue weighted by Crippen LogP contribution is -2.49. The van der Waals surface area contributed by atoms with E-state index >= 15 is 0 Å². The fourth-order valence-corrected chi connectivity index (χ4v) is 7.55. The number of sulfone groups is 1. The van der Waals surface area contributed by atoms with Crippen LogP contribution in [0.25, 0.3) is 0 Å². The fraction of sp³-hybridized carbons (Fsp3) is 0.567. The molecule has 190 valence electrons. The molecule has 2 fully saturated rings. The Labute approximate surface area is 212 Å². The average Bonchev–Trinajstić information content (AvgIpc) is 3.05. The quantitative estimate of drug-likeness (QED) is 0.495. The van der Waals surface area contributed by atoms with Crippen LogP contribution in [-0.2, 0) is 31.9 Å². The van der Waals surface area contributed by atoms with Crippen LogP contribution in [0, 0.1) is 0 Å². The summed E-state index contributed by atoms with van der Waals surface area (Å²) in [5, 5.41) is -0.399. The van der Waals surface area contributed by atoms with Crippen molar-refractivity contribution in [3.05, 3.63) is 65.2 Å². The summed E-state index contributed by atoms with van der Waals surface area (Å²) in [7, 11) is -3.37. The SMILES string of the molecule is CC(C)(C)c1cc(CCC(=O)N2C3CCC2CC(S(=O)(=O)c2ccccc2)C3)cc(C(C)(C)C)c1. The maximum atomic E-state index is 13.4. The summed E-state index contributed by atoms with van der Waals surface area (Å²) in [6.45, 7) is 13.4. The molecule has 2 aromatic carbocycles. The molecule has 4 nitrogen and oxygen atoms in total. The summed E-state index contributed by atoms with van der Waals surface area (Å²) in [6.07, 6.45) is 4.10. The number of hydrogen-bond acceptors (Lipinski definition) is 3. The third-order valence-electron chi connectivity index (χ3n) is 7.84. The van der Waals surface area contributed by atoms with E-state index in [9.17, 15) is 13.2 Å². The number of hydrogen-bond donors (Lipinski definition) is 0. The van der Waals surface area contributed by atoms with Crippen molar-refractivity contribution in [2.75, 3.05) is 0 Å². The van der Waals surface area contributed by atoms with E-state index in [0.717, 1.165) is 12.8 Å². The molecule has 2 aromatic rings. The molecule has 4 rings (SSSR count). The van der Waals surface area contributed by atoms with Gasteiger partial charge in [0.1, 0.15) is 0 Å². The Kier molecular flexibility index (Phi) is 6.95. The molecule has 2 heterocycles. The predicted molar refractivity (Wildman–Crippen MR) is 142 cm³/mol. The molecule has 1 amide bonds. The van der Waals surface area contributed by atoms with Crippen LogP contribution < -0.4 is 0 Å². The fourth-order valence-electron chi connectivity index (χ4n) is 5.67. The highest BCUT2D eigenvalue weighted by Gasteiger charge is 2.46. The van der Waals surface area contributed by atoms with Gasteiger partial charge in [-0.05, 0) is 71.8 Å². The van der Waals surface area contributed by atoms with Gasteiger partial charge in [0, 0.05) is 18.5 Å². The van der Waals surface area contributed by atoms with Crippen LogP contribution in [0.15, 0.2) is 53.4 Å². The second-order valence-corrected chi connectivity index (χ2v) is 14.8. The van der Waals surface area contributed by atoms with E-state index in [1.165, 1.54) is 16.7 Å². The Morgan fingerprint density at radius 1 is 0.857 bits per heavy atom. The minimum Gasteiger partial charge on any atom is -0.337 e. The van der Waals surface area contributed by atoms with Crippen LogP contribution in [-0.4, -0.2) is 36.6 Å². The summed E-state index contributed by atoms with van der Waals surface area (Å²) in [4.78, 5) is 15.8. The molecule has 0 N–H and O–H groups in total. The highest BCUT2D eigenvalue weighted by Crippen LogP contribution is 2.40. The largest absolute Gasteiger partial charge is 0.337 e. The molecule has 0 spiro atoms. The maximum absolute atomic E-state index is 13.4. The van der Waals surface area contributed by atoms with Gasteiger partial charge in [-0.15, -0.1) is 0 Å². The normalized spacial score (nSPS) is 22.9. The van der Waals surface area contributed by atoms with Crippen molar-refractivity contribution < 1.29 is 13.2 Å². The first-order chi connectivity index (χ1) is 16.3. The van der Waals surface area contributed by atoms with E-state index in [2.05, 4.69) is 59.7 Å². The Balaban J connectivity index is 1.47. The van der Waals surface area contributed by atoms with E-state index in [4.69, 9.17) is 0 Å². The summed E-state index contributed by atoms with van der Waals surface area (Å²) in [5.41, 5.74) is 3.92. The van der Waals surface area contributed by atoms with Crippen LogP contribution in [0.3, 0.4) is 0 Å². The number of aryl methyl sites for hydroxylation is 1. The van der Waals surface area contributed by atoms with Crippen molar-refractivity contribution >= 4 is 15.7 Å². The van der Waals surface area contributed by atoms with Gasteiger partial charge in [0.05, 0.1) is 10.1 Å². The van der Waals surface area contributed by atoms with Crippen LogP contribution in [0.5, 0.6) is 0 Å². The van der Waals surface area contributed by atoms with Crippen molar-refractivity contribution in [3.8, 4) is 0 Å². The van der Waals surface area contributed by atoms with Gasteiger partial charge < -0.3 is 4.90 Å². The molecule has 2 aliphatic heterocycles. The molecule has 2 aliphatic rings. The number of fused-ring (bicyclic) bond motifs is 2. The molecule has 0 aromatic heterocycles. The number of rotatable bonds is 5. The van der Waals surface area contributed by atoms with Crippen molar-refractivity contribution in [2.45, 2.75) is 113 Å². The van der Waals surface area contributed by atoms with Crippen LogP contribution in [0.2, 0.25) is 0 Å². The van der Waals surface area contributed by atoms with Gasteiger partial charge in [-0.25, -0.2) is 8.42 Å². The first-order valence-electron chi connectivity index (χ1n) is 13.0. The number of carbonyl (C=O) groups is 1. The minimum absolute atomic E-state index is 0.0378. The van der Waals surface area contributed by atoms with Gasteiger partial charge >= 0.3 is 0 Å². The second kappa shape index (κ2) is 9.38. The second-order valence-electron chi connectivity index (χ2n) is 12.6. The van der Waals surface area contributed by atoms with Gasteiger partial charge in [0.2, 0.25) is 5.91 Å². The van der Waals surface area contributed by atoms with E-state index < -0.39 is 15.1 Å². The Bertz CT molecular complexity index is 1130. The molecular formula is C30H41NO3S. The zero-order chi connectivity index (χ0) is 25.6. The molecule has 0 saturated carbocycles. The first kappa shape index (κ1) is 25.9. The van der Waals surface area contributed by atoms with Gasteiger partial charge in [-0.2, -0.15) is 0 Å². The molecule has 5 heteroatoms. The Hall–Kier alpha value is -2.14. The van der Waals surface area contributed by atoms with Crippen molar-refractivity contribution in [2.24, 2.45) is 0 Å². The molecule has 2 saturated heterocycles. The molecule has 0 radical (unpaired) electrons. The van der Waals surface area contributed by atoms with E-state index in [-0.39, 0.29) is 28.8 Å². The number of amides is 1. The molecular weight excluding hydrogens is 454 g/mol. The predicted octanol–water partition coefficient (Wildman–Crippen LogP) is 6.21. The average molecular weight is 496 g/mol. The zero-order valence-corrected chi connectivity index (χ0v) is 23.0. The number of piperidine rings is 1. The van der Waals surface area contributed by atoms with E-state index in [1.807, 2.05) is 11.0 Å². The third kappa shape index (κ3) is 5.50. The minimum atomic E-state index is -3.37. The lowest BCUT2D eigenvalue weighted by molar-refractivity contribution is -0.135. The van der Waals surface area contributed by atoms with Crippen molar-refractivity contribution in [1.82, 2.24) is 4.90 Å². The summed E-state index contributed by atoms with van der Waals surface area (Å²) in [5.74, 6) is 0.173. The highest BCUT2D eigenvalue weighted by atomic mass is 32.2. The molecule has 2 unspecified atom stereocenters. The highest BCUT2D eigenvalue weighted by molar-refractivity contribution is 7.92.